The zero-order chi connectivity index (χ0) is 11.4. The summed E-state index contributed by atoms with van der Waals surface area (Å²) in [6, 6.07) is -1.18. The number of carboxylic acids is 1. The lowest BCUT2D eigenvalue weighted by Gasteiger charge is -2.09. The van der Waals surface area contributed by atoms with E-state index in [-0.39, 0.29) is 12.8 Å². The highest BCUT2D eigenvalue weighted by Crippen LogP contribution is 2.36. The Kier molecular flexibility index (Phi) is 5.17. The van der Waals surface area contributed by atoms with Gasteiger partial charge in [-0.2, -0.15) is 0 Å². The number of nitrogens with two attached hydrogens (primary N) is 1. The smallest absolute Gasteiger partial charge is 0.377 e. The van der Waals surface area contributed by atoms with Crippen molar-refractivity contribution in [1.82, 2.24) is 0 Å². The molecule has 0 amide bonds. The average molecular weight is 243 g/mol. The highest BCUT2D eigenvalue weighted by molar-refractivity contribution is 8.06. The second-order valence-electron chi connectivity index (χ2n) is 2.44. The number of hydrogen-bond acceptors (Lipinski definition) is 5. The quantitative estimate of drug-likeness (QED) is 0.449. The van der Waals surface area contributed by atoms with E-state index >= 15 is 0 Å². The van der Waals surface area contributed by atoms with Crippen LogP contribution in [0, 0.1) is 0 Å². The molecule has 0 aromatic carbocycles. The van der Waals surface area contributed by atoms with Crippen molar-refractivity contribution in [3.05, 3.63) is 0 Å². The van der Waals surface area contributed by atoms with Crippen LogP contribution in [0.25, 0.3) is 0 Å². The number of carboxylic acid groups (broad SMARTS) is 1. The minimum Gasteiger partial charge on any atom is -0.480 e. The van der Waals surface area contributed by atoms with Crippen molar-refractivity contribution in [3.63, 3.8) is 0 Å². The number of aliphatic carboxylic acids is 1. The lowest BCUT2D eigenvalue weighted by molar-refractivity contribution is -0.139. The maximum Gasteiger partial charge on any atom is 0.377 e. The average Bonchev–Trinajstić information content (AvgIpc) is 1.96. The van der Waals surface area contributed by atoms with Crippen LogP contribution in [-0.4, -0.2) is 32.9 Å². The topological polar surface area (TPSA) is 130 Å². The van der Waals surface area contributed by atoms with Crippen LogP contribution in [0.3, 0.4) is 0 Å². The maximum atomic E-state index is 10.8. The molecule has 0 aliphatic heterocycles. The Morgan fingerprint density at radius 2 is 2.00 bits per heavy atom. The van der Waals surface area contributed by atoms with E-state index in [0.29, 0.717) is 0 Å². The van der Waals surface area contributed by atoms with E-state index in [1.165, 1.54) is 0 Å². The third-order valence-electron chi connectivity index (χ3n) is 1.20. The Hall–Kier alpha value is -0.530. The summed E-state index contributed by atoms with van der Waals surface area (Å²) in [4.78, 5) is 38.1. The molecule has 0 saturated carbocycles. The Balaban J connectivity index is 3.87. The predicted octanol–water partition coefficient (Wildman–Crippen LogP) is -1.07. The van der Waals surface area contributed by atoms with Crippen LogP contribution in [-0.2, 0) is 25.9 Å². The summed E-state index contributed by atoms with van der Waals surface area (Å²) in [5, 5.41) is 8.34. The van der Waals surface area contributed by atoms with E-state index in [2.05, 4.69) is 16.3 Å². The van der Waals surface area contributed by atoms with Gasteiger partial charge in [0.05, 0.1) is 0 Å². The van der Waals surface area contributed by atoms with Crippen LogP contribution in [0.4, 0.5) is 0 Å². The number of carbonyl (C=O) groups excluding carboxylic acids is 1. The fourth-order valence-electron chi connectivity index (χ4n) is 0.575. The van der Waals surface area contributed by atoms with Gasteiger partial charge in [-0.25, -0.2) is 0 Å². The molecule has 1 atom stereocenters. The molecular formula is C5H10NO6PS. The lowest BCUT2D eigenvalue weighted by Crippen LogP contribution is -2.30. The molecule has 9 heteroatoms. The molecule has 0 aromatic rings. The minimum atomic E-state index is -4.01. The van der Waals surface area contributed by atoms with E-state index in [1.54, 1.807) is 0 Å². The zero-order valence-corrected chi connectivity index (χ0v) is 8.70. The molecule has 0 rings (SSSR count). The van der Waals surface area contributed by atoms with E-state index in [9.17, 15) is 9.59 Å². The highest BCUT2D eigenvalue weighted by atomic mass is 32.5. The van der Waals surface area contributed by atoms with Gasteiger partial charge in [0.25, 0.3) is 0 Å². The van der Waals surface area contributed by atoms with Crippen LogP contribution in [0.1, 0.15) is 12.8 Å². The molecule has 7 nitrogen and oxygen atoms in total. The molecule has 0 aliphatic carbocycles. The van der Waals surface area contributed by atoms with Gasteiger partial charge >= 0.3 is 18.7 Å². The maximum absolute atomic E-state index is 10.8. The van der Waals surface area contributed by atoms with Crippen molar-refractivity contribution in [1.29, 1.82) is 0 Å². The molecule has 0 heterocycles. The van der Waals surface area contributed by atoms with Crippen LogP contribution in [0.5, 0.6) is 0 Å². The number of hydrogen-bond donors (Lipinski definition) is 4. The van der Waals surface area contributed by atoms with Crippen molar-refractivity contribution >= 4 is 30.5 Å². The fraction of sp³-hybridized carbons (Fsp3) is 0.600. The summed E-state index contributed by atoms with van der Waals surface area (Å²) in [5.41, 5.74) is 5.08. The predicted molar refractivity (Wildman–Crippen MR) is 49.7 cm³/mol. The second-order valence-corrected chi connectivity index (χ2v) is 5.03. The van der Waals surface area contributed by atoms with Gasteiger partial charge in [-0.1, -0.05) is 0 Å². The van der Waals surface area contributed by atoms with Gasteiger partial charge in [-0.05, 0) is 6.42 Å². The molecule has 0 aromatic heterocycles. The molecule has 0 radical (unpaired) electrons. The Morgan fingerprint density at radius 3 is 2.36 bits per heavy atom. The third-order valence-corrected chi connectivity index (χ3v) is 1.86. The Labute approximate surface area is 84.7 Å². The van der Waals surface area contributed by atoms with Gasteiger partial charge < -0.3 is 25.2 Å². The molecular weight excluding hydrogens is 233 g/mol. The van der Waals surface area contributed by atoms with Crippen LogP contribution >= 0.6 is 6.72 Å². The Morgan fingerprint density at radius 1 is 1.50 bits per heavy atom. The van der Waals surface area contributed by atoms with Gasteiger partial charge in [-0.3, -0.25) is 9.59 Å². The van der Waals surface area contributed by atoms with Gasteiger partial charge in [0.15, 0.2) is 0 Å². The molecule has 0 spiro atoms. The monoisotopic (exact) mass is 243 g/mol. The minimum absolute atomic E-state index is 0.149. The first-order chi connectivity index (χ1) is 6.22. The van der Waals surface area contributed by atoms with Crippen molar-refractivity contribution < 1.29 is 29.0 Å². The van der Waals surface area contributed by atoms with Gasteiger partial charge in [0.2, 0.25) is 0 Å². The van der Waals surface area contributed by atoms with Crippen molar-refractivity contribution in [2.45, 2.75) is 18.9 Å². The molecule has 5 N–H and O–H groups in total. The first kappa shape index (κ1) is 13.5. The fourth-order valence-corrected chi connectivity index (χ4v) is 1.18. The molecule has 0 saturated heterocycles. The number of rotatable bonds is 5. The summed E-state index contributed by atoms with van der Waals surface area (Å²) < 4.78 is 4.02. The molecule has 14 heavy (non-hydrogen) atoms. The summed E-state index contributed by atoms with van der Waals surface area (Å²) in [5.74, 6) is -2.22. The van der Waals surface area contributed by atoms with E-state index < -0.39 is 24.7 Å². The molecule has 0 bridgehead atoms. The molecule has 82 valence electrons. The molecule has 0 fully saturated rings. The summed E-state index contributed by atoms with van der Waals surface area (Å²) in [6.45, 7) is -4.01. The number of carbonyl (C=O) groups is 2. The molecule has 0 aliphatic rings. The first-order valence-electron chi connectivity index (χ1n) is 3.48. The Bertz CT molecular complexity index is 275. The van der Waals surface area contributed by atoms with Crippen molar-refractivity contribution in [2.75, 3.05) is 0 Å². The van der Waals surface area contributed by atoms with Crippen LogP contribution in [0.2, 0.25) is 0 Å². The van der Waals surface area contributed by atoms with Gasteiger partial charge in [0.1, 0.15) is 6.04 Å². The molecule has 0 unspecified atom stereocenters. The summed E-state index contributed by atoms with van der Waals surface area (Å²) >= 11 is 4.02. The second kappa shape index (κ2) is 5.38. The third kappa shape index (κ3) is 6.93. The van der Waals surface area contributed by atoms with Gasteiger partial charge in [-0.15, -0.1) is 0 Å². The van der Waals surface area contributed by atoms with Crippen LogP contribution < -0.4 is 5.73 Å². The SMILES string of the molecule is N[C@@H](CCC(=O)OP(O)(O)=S)C(=O)O. The van der Waals surface area contributed by atoms with E-state index in [0.717, 1.165) is 0 Å². The summed E-state index contributed by atoms with van der Waals surface area (Å²) in [6.07, 6.45) is -0.476. The normalized spacial score (nSPS) is 13.4. The largest absolute Gasteiger partial charge is 0.480 e. The van der Waals surface area contributed by atoms with Crippen LogP contribution in [0.15, 0.2) is 0 Å². The van der Waals surface area contributed by atoms with E-state index in [4.69, 9.17) is 20.6 Å². The highest BCUT2D eigenvalue weighted by Gasteiger charge is 2.18. The van der Waals surface area contributed by atoms with Crippen molar-refractivity contribution in [2.24, 2.45) is 5.73 Å². The first-order valence-corrected chi connectivity index (χ1v) is 6.11. The van der Waals surface area contributed by atoms with E-state index in [1.807, 2.05) is 0 Å². The zero-order valence-electron chi connectivity index (χ0n) is 6.99. The summed E-state index contributed by atoms with van der Waals surface area (Å²) in [7, 11) is 0. The van der Waals surface area contributed by atoms with Gasteiger partial charge in [0, 0.05) is 18.2 Å². The lowest BCUT2D eigenvalue weighted by atomic mass is 10.2. The standard InChI is InChI=1S/C5H10NO6PS/c6-3(5(8)9)1-2-4(7)12-13(10,11)14/h3H,1-2,6H2,(H,8,9)(H2,10,11,14)/t3-/m0/s1. The van der Waals surface area contributed by atoms with Crippen molar-refractivity contribution in [3.8, 4) is 0 Å².